The van der Waals surface area contributed by atoms with Gasteiger partial charge in [-0.2, -0.15) is 0 Å². The SMILES string of the molecule is CNS(=O)(=O)c1cc(C(=O)NCc2c(C)cc(C)[nH]c2=O)ccc1Cl. The molecule has 3 N–H and O–H groups in total. The first-order valence-corrected chi connectivity index (χ1v) is 9.22. The average molecular weight is 384 g/mol. The number of amides is 1. The van der Waals surface area contributed by atoms with Crippen molar-refractivity contribution in [2.24, 2.45) is 0 Å². The molecule has 0 spiro atoms. The zero-order chi connectivity index (χ0) is 18.8. The van der Waals surface area contributed by atoms with Gasteiger partial charge in [-0.1, -0.05) is 11.6 Å². The average Bonchev–Trinajstić information content (AvgIpc) is 2.53. The molecule has 0 aliphatic carbocycles. The van der Waals surface area contributed by atoms with E-state index in [2.05, 4.69) is 15.0 Å². The van der Waals surface area contributed by atoms with Crippen LogP contribution in [0.3, 0.4) is 0 Å². The Kier molecular flexibility index (Phi) is 5.66. The van der Waals surface area contributed by atoms with E-state index in [4.69, 9.17) is 11.6 Å². The summed E-state index contributed by atoms with van der Waals surface area (Å²) in [6, 6.07) is 5.75. The largest absolute Gasteiger partial charge is 0.348 e. The van der Waals surface area contributed by atoms with Gasteiger partial charge in [0.05, 0.1) is 5.02 Å². The summed E-state index contributed by atoms with van der Waals surface area (Å²) >= 11 is 5.90. The predicted molar refractivity (Wildman–Crippen MR) is 95.4 cm³/mol. The van der Waals surface area contributed by atoms with Gasteiger partial charge in [-0.15, -0.1) is 0 Å². The van der Waals surface area contributed by atoms with Crippen molar-refractivity contribution < 1.29 is 13.2 Å². The number of sulfonamides is 1. The van der Waals surface area contributed by atoms with Crippen molar-refractivity contribution >= 4 is 27.5 Å². The number of benzene rings is 1. The first-order valence-electron chi connectivity index (χ1n) is 7.36. The summed E-state index contributed by atoms with van der Waals surface area (Å²) in [5, 5.41) is 2.63. The highest BCUT2D eigenvalue weighted by atomic mass is 35.5. The second kappa shape index (κ2) is 7.38. The number of hydrogen-bond acceptors (Lipinski definition) is 4. The number of halogens is 1. The third kappa shape index (κ3) is 4.28. The standard InChI is InChI=1S/C16H18ClN3O4S/c1-9-6-10(2)20-16(22)12(9)8-19-15(21)11-4-5-13(17)14(7-11)25(23,24)18-3/h4-7,18H,8H2,1-3H3,(H,19,21)(H,20,22). The molecule has 2 aromatic rings. The fourth-order valence-corrected chi connectivity index (χ4v) is 3.58. The molecular formula is C16H18ClN3O4S. The Hall–Kier alpha value is -2.16. The first-order chi connectivity index (χ1) is 11.7. The summed E-state index contributed by atoms with van der Waals surface area (Å²) in [4.78, 5) is 26.8. The molecule has 0 aliphatic rings. The minimum absolute atomic E-state index is 0.0109. The zero-order valence-electron chi connectivity index (χ0n) is 13.9. The third-order valence-electron chi connectivity index (χ3n) is 3.67. The number of pyridine rings is 1. The van der Waals surface area contributed by atoms with Crippen LogP contribution in [0.4, 0.5) is 0 Å². The smallest absolute Gasteiger partial charge is 0.253 e. The molecule has 0 atom stereocenters. The molecule has 1 amide bonds. The van der Waals surface area contributed by atoms with Gasteiger partial charge in [0.25, 0.3) is 11.5 Å². The monoisotopic (exact) mass is 383 g/mol. The molecule has 0 radical (unpaired) electrons. The maximum atomic E-state index is 12.3. The number of aromatic nitrogens is 1. The van der Waals surface area contributed by atoms with Gasteiger partial charge in [0, 0.05) is 23.4 Å². The van der Waals surface area contributed by atoms with E-state index in [0.717, 1.165) is 11.3 Å². The fourth-order valence-electron chi connectivity index (χ4n) is 2.33. The van der Waals surface area contributed by atoms with Crippen molar-refractivity contribution in [1.82, 2.24) is 15.0 Å². The second-order valence-corrected chi connectivity index (χ2v) is 7.74. The molecule has 9 heteroatoms. The Morgan fingerprint density at radius 1 is 1.24 bits per heavy atom. The molecule has 134 valence electrons. The highest BCUT2D eigenvalue weighted by Gasteiger charge is 2.18. The Morgan fingerprint density at radius 2 is 1.92 bits per heavy atom. The lowest BCUT2D eigenvalue weighted by Crippen LogP contribution is -2.28. The zero-order valence-corrected chi connectivity index (χ0v) is 15.5. The van der Waals surface area contributed by atoms with Gasteiger partial charge >= 0.3 is 0 Å². The van der Waals surface area contributed by atoms with Gasteiger partial charge in [0.15, 0.2) is 0 Å². The molecule has 25 heavy (non-hydrogen) atoms. The van der Waals surface area contributed by atoms with Crippen LogP contribution in [0.2, 0.25) is 5.02 Å². The van der Waals surface area contributed by atoms with E-state index in [1.54, 1.807) is 13.8 Å². The van der Waals surface area contributed by atoms with Crippen LogP contribution in [0, 0.1) is 13.8 Å². The van der Waals surface area contributed by atoms with Gasteiger partial charge in [-0.3, -0.25) is 9.59 Å². The molecule has 0 saturated heterocycles. The van der Waals surface area contributed by atoms with Crippen LogP contribution in [0.1, 0.15) is 27.2 Å². The van der Waals surface area contributed by atoms with Crippen LogP contribution in [0.15, 0.2) is 34.0 Å². The second-order valence-electron chi connectivity index (χ2n) is 5.48. The number of carbonyl (C=O) groups excluding carboxylic acids is 1. The Bertz CT molecular complexity index is 983. The van der Waals surface area contributed by atoms with E-state index in [1.807, 2.05) is 6.07 Å². The molecule has 0 bridgehead atoms. The normalized spacial score (nSPS) is 11.4. The molecule has 1 aromatic heterocycles. The van der Waals surface area contributed by atoms with Crippen LogP contribution < -0.4 is 15.6 Å². The van der Waals surface area contributed by atoms with Crippen molar-refractivity contribution in [2.75, 3.05) is 7.05 Å². The number of H-pyrrole nitrogens is 1. The third-order valence-corrected chi connectivity index (χ3v) is 5.57. The van der Waals surface area contributed by atoms with Crippen LogP contribution >= 0.6 is 11.6 Å². The van der Waals surface area contributed by atoms with Gasteiger partial charge in [0.1, 0.15) is 4.90 Å². The van der Waals surface area contributed by atoms with Crippen molar-refractivity contribution in [3.8, 4) is 0 Å². The minimum Gasteiger partial charge on any atom is -0.348 e. The van der Waals surface area contributed by atoms with E-state index in [0.29, 0.717) is 5.56 Å². The van der Waals surface area contributed by atoms with Gasteiger partial charge in [0.2, 0.25) is 10.0 Å². The van der Waals surface area contributed by atoms with Crippen molar-refractivity contribution in [3.05, 3.63) is 62.0 Å². The van der Waals surface area contributed by atoms with Crippen molar-refractivity contribution in [3.63, 3.8) is 0 Å². The van der Waals surface area contributed by atoms with E-state index in [9.17, 15) is 18.0 Å². The van der Waals surface area contributed by atoms with Crippen LogP contribution in [-0.4, -0.2) is 26.4 Å². The van der Waals surface area contributed by atoms with Gasteiger partial charge in [-0.25, -0.2) is 13.1 Å². The van der Waals surface area contributed by atoms with Crippen molar-refractivity contribution in [2.45, 2.75) is 25.3 Å². The molecule has 1 heterocycles. The highest BCUT2D eigenvalue weighted by Crippen LogP contribution is 2.22. The summed E-state index contributed by atoms with van der Waals surface area (Å²) in [6.07, 6.45) is 0. The summed E-state index contributed by atoms with van der Waals surface area (Å²) in [5.74, 6) is -0.511. The molecule has 2 rings (SSSR count). The lowest BCUT2D eigenvalue weighted by molar-refractivity contribution is 0.0950. The maximum absolute atomic E-state index is 12.3. The quantitative estimate of drug-likeness (QED) is 0.726. The predicted octanol–water partition coefficient (Wildman–Crippen LogP) is 1.48. The van der Waals surface area contributed by atoms with Crippen LogP contribution in [0.5, 0.6) is 0 Å². The minimum atomic E-state index is -3.79. The summed E-state index contributed by atoms with van der Waals surface area (Å²) in [6.45, 7) is 3.58. The lowest BCUT2D eigenvalue weighted by atomic mass is 10.1. The Balaban J connectivity index is 2.26. The molecule has 0 unspecified atom stereocenters. The van der Waals surface area contributed by atoms with Crippen molar-refractivity contribution in [1.29, 1.82) is 0 Å². The molecule has 0 aliphatic heterocycles. The van der Waals surface area contributed by atoms with E-state index < -0.39 is 15.9 Å². The number of aromatic amines is 1. The molecule has 7 nitrogen and oxygen atoms in total. The molecule has 1 aromatic carbocycles. The number of carbonyl (C=O) groups is 1. The number of nitrogens with one attached hydrogen (secondary N) is 3. The summed E-state index contributed by atoms with van der Waals surface area (Å²) < 4.78 is 26.0. The topological polar surface area (TPSA) is 108 Å². The van der Waals surface area contributed by atoms with Crippen LogP contribution in [-0.2, 0) is 16.6 Å². The van der Waals surface area contributed by atoms with Gasteiger partial charge < -0.3 is 10.3 Å². The van der Waals surface area contributed by atoms with E-state index in [1.165, 1.54) is 25.2 Å². The summed E-state index contributed by atoms with van der Waals surface area (Å²) in [7, 11) is -2.53. The Morgan fingerprint density at radius 3 is 2.52 bits per heavy atom. The number of rotatable bonds is 5. The van der Waals surface area contributed by atoms with E-state index in [-0.39, 0.29) is 27.6 Å². The highest BCUT2D eigenvalue weighted by molar-refractivity contribution is 7.89. The molecular weight excluding hydrogens is 366 g/mol. The molecule has 0 fully saturated rings. The number of aryl methyl sites for hydroxylation is 2. The fraction of sp³-hybridized carbons (Fsp3) is 0.250. The van der Waals surface area contributed by atoms with Crippen LogP contribution in [0.25, 0.3) is 0 Å². The summed E-state index contributed by atoms with van der Waals surface area (Å²) in [5.41, 5.74) is 1.79. The van der Waals surface area contributed by atoms with E-state index >= 15 is 0 Å². The Labute approximate surface area is 150 Å². The molecule has 0 saturated carbocycles. The van der Waals surface area contributed by atoms with Gasteiger partial charge in [-0.05, 0) is 50.7 Å². The maximum Gasteiger partial charge on any atom is 0.253 e. The number of hydrogen-bond donors (Lipinski definition) is 3. The first kappa shape index (κ1) is 19.2. The lowest BCUT2D eigenvalue weighted by Gasteiger charge is -2.10.